The predicted octanol–water partition coefficient (Wildman–Crippen LogP) is 2.30. The van der Waals surface area contributed by atoms with Crippen LogP contribution in [0.15, 0.2) is 42.6 Å². The van der Waals surface area contributed by atoms with Crippen molar-refractivity contribution in [1.29, 1.82) is 0 Å². The molecule has 2 atom stereocenters. The molecule has 3 heterocycles. The van der Waals surface area contributed by atoms with Gasteiger partial charge in [-0.05, 0) is 37.6 Å². The molecule has 30 heavy (non-hydrogen) atoms. The van der Waals surface area contributed by atoms with Crippen LogP contribution in [0.5, 0.6) is 0 Å². The van der Waals surface area contributed by atoms with Gasteiger partial charge in [-0.3, -0.25) is 10.1 Å². The van der Waals surface area contributed by atoms with E-state index in [0.29, 0.717) is 18.5 Å². The van der Waals surface area contributed by atoms with Gasteiger partial charge in [-0.2, -0.15) is 0 Å². The molecule has 2 unspecified atom stereocenters. The Bertz CT molecular complexity index is 998. The molecule has 0 radical (unpaired) electrons. The van der Waals surface area contributed by atoms with Crippen molar-refractivity contribution in [3.05, 3.63) is 59.5 Å². The van der Waals surface area contributed by atoms with Crippen LogP contribution in [0.1, 0.15) is 28.8 Å². The number of carbonyl (C=O) groups is 3. The molecule has 2 aliphatic rings. The maximum atomic E-state index is 14.3. The number of esters is 1. The first kappa shape index (κ1) is 20.0. The molecule has 8 nitrogen and oxygen atoms in total. The van der Waals surface area contributed by atoms with Crippen molar-refractivity contribution < 1.29 is 23.5 Å². The summed E-state index contributed by atoms with van der Waals surface area (Å²) < 4.78 is 19.1. The number of piperidine rings is 1. The average Bonchev–Trinajstić information content (AvgIpc) is 2.78. The summed E-state index contributed by atoms with van der Waals surface area (Å²) in [4.78, 5) is 45.4. The van der Waals surface area contributed by atoms with Gasteiger partial charge in [0, 0.05) is 11.8 Å². The summed E-state index contributed by atoms with van der Waals surface area (Å²) >= 11 is 0. The van der Waals surface area contributed by atoms with Gasteiger partial charge in [0.15, 0.2) is 5.82 Å². The van der Waals surface area contributed by atoms with Crippen LogP contribution < -0.4 is 10.2 Å². The third-order valence-electron chi connectivity index (χ3n) is 5.44. The highest BCUT2D eigenvalue weighted by Gasteiger charge is 2.49. The Morgan fingerprint density at radius 3 is 2.83 bits per heavy atom. The largest absolute Gasteiger partial charge is 0.465 e. The zero-order valence-electron chi connectivity index (χ0n) is 16.4. The first-order chi connectivity index (χ1) is 14.5. The Balaban J connectivity index is 1.77. The molecule has 9 heteroatoms. The van der Waals surface area contributed by atoms with E-state index >= 15 is 0 Å². The van der Waals surface area contributed by atoms with Gasteiger partial charge < -0.3 is 9.64 Å². The molecule has 2 aromatic rings. The van der Waals surface area contributed by atoms with Crippen molar-refractivity contribution in [1.82, 2.24) is 15.2 Å². The molecule has 2 aliphatic heterocycles. The number of imide groups is 1. The number of hydrogen-bond acceptors (Lipinski definition) is 6. The number of ether oxygens (including phenoxy) is 1. The van der Waals surface area contributed by atoms with E-state index < -0.39 is 35.8 Å². The van der Waals surface area contributed by atoms with Crippen molar-refractivity contribution in [2.24, 2.45) is 5.92 Å². The number of pyridine rings is 1. The number of anilines is 1. The molecule has 1 aromatic heterocycles. The topological polar surface area (TPSA) is 91.8 Å². The second-order valence-corrected chi connectivity index (χ2v) is 7.19. The quantitative estimate of drug-likeness (QED) is 0.775. The Hall–Kier alpha value is -3.33. The van der Waals surface area contributed by atoms with Crippen LogP contribution in [0.2, 0.25) is 0 Å². The summed E-state index contributed by atoms with van der Waals surface area (Å²) in [6.45, 7) is 0.621. The molecule has 0 bridgehead atoms. The molecule has 2 saturated heterocycles. The van der Waals surface area contributed by atoms with E-state index in [1.54, 1.807) is 18.2 Å². The summed E-state index contributed by atoms with van der Waals surface area (Å²) in [5.41, 5.74) is 0.343. The molecule has 4 rings (SSSR count). The van der Waals surface area contributed by atoms with E-state index in [2.05, 4.69) is 10.3 Å². The molecular weight excluding hydrogens is 391 g/mol. The zero-order chi connectivity index (χ0) is 21.3. The lowest BCUT2D eigenvalue weighted by Crippen LogP contribution is -2.67. The monoisotopic (exact) mass is 412 g/mol. The number of aromatic nitrogens is 1. The van der Waals surface area contributed by atoms with Crippen molar-refractivity contribution in [2.75, 3.05) is 18.6 Å². The van der Waals surface area contributed by atoms with E-state index in [1.165, 1.54) is 36.4 Å². The van der Waals surface area contributed by atoms with Crippen molar-refractivity contribution >= 4 is 23.7 Å². The second kappa shape index (κ2) is 8.19. The fourth-order valence-corrected chi connectivity index (χ4v) is 3.98. The van der Waals surface area contributed by atoms with Gasteiger partial charge in [-0.25, -0.2) is 23.9 Å². The Morgan fingerprint density at radius 1 is 1.27 bits per heavy atom. The number of rotatable bonds is 4. The molecule has 0 saturated carbocycles. The lowest BCUT2D eigenvalue weighted by Gasteiger charge is -2.46. The smallest absolute Gasteiger partial charge is 0.341 e. The Morgan fingerprint density at radius 2 is 2.07 bits per heavy atom. The maximum absolute atomic E-state index is 14.3. The van der Waals surface area contributed by atoms with Gasteiger partial charge in [0.25, 0.3) is 0 Å². The normalized spacial score (nSPS) is 21.4. The standard InChI is InChI=1S/C21H21FN4O4/c1-30-20(28)15-8-5-11-24-18(15)26-19(27)14-7-4-10-23-17(14)25(21(26)29)12-13-6-2-3-9-16(13)22/h2-3,5-6,8-9,11,14,17,23H,4,7,10,12H2,1H3. The second-order valence-electron chi connectivity index (χ2n) is 7.19. The maximum Gasteiger partial charge on any atom is 0.341 e. The Kier molecular flexibility index (Phi) is 5.45. The number of carbonyl (C=O) groups excluding carboxylic acids is 3. The molecule has 2 fully saturated rings. The van der Waals surface area contributed by atoms with Gasteiger partial charge in [0.1, 0.15) is 11.4 Å². The van der Waals surface area contributed by atoms with E-state index in [4.69, 9.17) is 4.74 Å². The third kappa shape index (κ3) is 3.41. The number of urea groups is 1. The molecule has 1 aromatic carbocycles. The van der Waals surface area contributed by atoms with Crippen LogP contribution in [0.4, 0.5) is 15.0 Å². The van der Waals surface area contributed by atoms with E-state index in [9.17, 15) is 18.8 Å². The SMILES string of the molecule is COC(=O)c1cccnc1N1C(=O)C2CCCNC2N(Cc2ccccc2F)C1=O. The number of nitrogens with one attached hydrogen (secondary N) is 1. The molecular formula is C21H21FN4O4. The van der Waals surface area contributed by atoms with E-state index in [1.807, 2.05) is 0 Å². The number of hydrogen-bond donors (Lipinski definition) is 1. The molecule has 0 spiro atoms. The van der Waals surface area contributed by atoms with Crippen LogP contribution >= 0.6 is 0 Å². The third-order valence-corrected chi connectivity index (χ3v) is 5.44. The van der Waals surface area contributed by atoms with Crippen molar-refractivity contribution in [3.8, 4) is 0 Å². The summed E-state index contributed by atoms with van der Waals surface area (Å²) in [5.74, 6) is -2.19. The number of benzene rings is 1. The number of amides is 3. The lowest BCUT2D eigenvalue weighted by atomic mass is 9.91. The first-order valence-electron chi connectivity index (χ1n) is 9.67. The number of fused-ring (bicyclic) bond motifs is 1. The highest BCUT2D eigenvalue weighted by molar-refractivity contribution is 6.18. The number of nitrogens with zero attached hydrogens (tertiary/aromatic N) is 3. The van der Waals surface area contributed by atoms with Crippen LogP contribution in [-0.4, -0.2) is 47.6 Å². The predicted molar refractivity (Wildman–Crippen MR) is 105 cm³/mol. The highest BCUT2D eigenvalue weighted by Crippen LogP contribution is 2.33. The summed E-state index contributed by atoms with van der Waals surface area (Å²) in [6, 6.07) is 8.50. The zero-order valence-corrected chi connectivity index (χ0v) is 16.4. The highest BCUT2D eigenvalue weighted by atomic mass is 19.1. The fourth-order valence-electron chi connectivity index (χ4n) is 3.98. The van der Waals surface area contributed by atoms with Gasteiger partial charge in [0.2, 0.25) is 5.91 Å². The van der Waals surface area contributed by atoms with Gasteiger partial charge in [0.05, 0.1) is 25.7 Å². The number of methoxy groups -OCH3 is 1. The summed E-state index contributed by atoms with van der Waals surface area (Å²) in [5, 5.41) is 3.22. The lowest BCUT2D eigenvalue weighted by molar-refractivity contribution is -0.127. The molecule has 0 aliphatic carbocycles. The van der Waals surface area contributed by atoms with Crippen LogP contribution in [0.3, 0.4) is 0 Å². The first-order valence-corrected chi connectivity index (χ1v) is 9.67. The van der Waals surface area contributed by atoms with E-state index in [0.717, 1.165) is 11.3 Å². The minimum atomic E-state index is -0.705. The van der Waals surface area contributed by atoms with E-state index in [-0.39, 0.29) is 17.9 Å². The van der Waals surface area contributed by atoms with Gasteiger partial charge in [-0.15, -0.1) is 0 Å². The van der Waals surface area contributed by atoms with Gasteiger partial charge in [-0.1, -0.05) is 18.2 Å². The molecule has 156 valence electrons. The summed E-state index contributed by atoms with van der Waals surface area (Å²) in [7, 11) is 1.21. The minimum absolute atomic E-state index is 0.00904. The fraction of sp³-hybridized carbons (Fsp3) is 0.333. The molecule has 1 N–H and O–H groups in total. The van der Waals surface area contributed by atoms with Crippen molar-refractivity contribution in [2.45, 2.75) is 25.6 Å². The summed E-state index contributed by atoms with van der Waals surface area (Å²) in [6.07, 6.45) is 2.16. The van der Waals surface area contributed by atoms with Crippen LogP contribution in [0, 0.1) is 11.7 Å². The van der Waals surface area contributed by atoms with Gasteiger partial charge >= 0.3 is 12.0 Å². The van der Waals surface area contributed by atoms with Crippen LogP contribution in [0.25, 0.3) is 0 Å². The molecule has 3 amide bonds. The van der Waals surface area contributed by atoms with Crippen LogP contribution in [-0.2, 0) is 16.1 Å². The minimum Gasteiger partial charge on any atom is -0.465 e. The van der Waals surface area contributed by atoms with Crippen molar-refractivity contribution in [3.63, 3.8) is 0 Å². The Labute approximate surface area is 172 Å². The average molecular weight is 412 g/mol. The number of halogens is 1.